The molecule has 0 saturated carbocycles. The van der Waals surface area contributed by atoms with Crippen molar-refractivity contribution in [3.8, 4) is 0 Å². The smallest absolute Gasteiger partial charge is 1.00 e. The van der Waals surface area contributed by atoms with Crippen molar-refractivity contribution in [2.75, 3.05) is 13.2 Å². The molecule has 0 spiro atoms. The minimum absolute atomic E-state index is 0. The Hall–Kier alpha value is 0.470. The van der Waals surface area contributed by atoms with Gasteiger partial charge in [0.1, 0.15) is 6.61 Å². The molecular weight excluding hydrogens is 89.0 g/mol. The minimum atomic E-state index is 0. The molecule has 3 heteroatoms. The summed E-state index contributed by atoms with van der Waals surface area (Å²) in [6.45, 7) is 1.62. The summed E-state index contributed by atoms with van der Waals surface area (Å²) in [5.74, 6) is 0. The van der Waals surface area contributed by atoms with Gasteiger partial charge in [0.15, 0.2) is 6.40 Å². The van der Waals surface area contributed by atoms with Crippen LogP contribution < -0.4 is 29.6 Å². The van der Waals surface area contributed by atoms with Crippen LogP contribution in [-0.2, 0) is 4.74 Å². The monoisotopic (exact) mass is 95.0 g/mol. The van der Waals surface area contributed by atoms with Gasteiger partial charge in [-0.15, -0.1) is 0 Å². The molecule has 0 bridgehead atoms. The van der Waals surface area contributed by atoms with Gasteiger partial charge in [0, 0.05) is 0 Å². The Kier molecular flexibility index (Phi) is 3.94. The molecule has 6 heavy (non-hydrogen) atoms. The van der Waals surface area contributed by atoms with E-state index >= 15 is 0 Å². The van der Waals surface area contributed by atoms with E-state index in [0.29, 0.717) is 0 Å². The maximum atomic E-state index is 4.65. The Balaban J connectivity index is 0. The first-order chi connectivity index (χ1) is 2.50. The largest absolute Gasteiger partial charge is 1.00 e. The van der Waals surface area contributed by atoms with Gasteiger partial charge in [-0.3, -0.25) is 4.99 Å². The van der Waals surface area contributed by atoms with Crippen LogP contribution in [0.15, 0.2) is 4.99 Å². The summed E-state index contributed by atoms with van der Waals surface area (Å²) in [6.07, 6.45) is 1.49. The van der Waals surface area contributed by atoms with E-state index in [1.54, 1.807) is 0 Å². The average molecular weight is 95.1 g/mol. The fraction of sp³-hybridized carbons (Fsp3) is 0.667. The second-order valence-electron chi connectivity index (χ2n) is 0.882. The summed E-state index contributed by atoms with van der Waals surface area (Å²) >= 11 is 0. The maximum Gasteiger partial charge on any atom is 1.00 e. The SMILES string of the molecule is C1=NCCO1.[H-].[Na+]. The molecule has 0 fully saturated rings. The van der Waals surface area contributed by atoms with Gasteiger partial charge in [0.2, 0.25) is 0 Å². The fourth-order valence-electron chi connectivity index (χ4n) is 0.264. The Morgan fingerprint density at radius 2 is 2.67 bits per heavy atom. The first kappa shape index (κ1) is 6.47. The molecule has 0 N–H and O–H groups in total. The molecule has 1 aliphatic rings. The van der Waals surface area contributed by atoms with Crippen LogP contribution in [0.25, 0.3) is 0 Å². The molecule has 0 saturated heterocycles. The maximum absolute atomic E-state index is 4.65. The Bertz CT molecular complexity index is 52.9. The second-order valence-corrected chi connectivity index (χ2v) is 0.882. The van der Waals surface area contributed by atoms with Gasteiger partial charge in [-0.1, -0.05) is 0 Å². The average Bonchev–Trinajstić information content (AvgIpc) is 1.76. The van der Waals surface area contributed by atoms with E-state index in [4.69, 9.17) is 0 Å². The summed E-state index contributed by atoms with van der Waals surface area (Å²) in [5.41, 5.74) is 0. The summed E-state index contributed by atoms with van der Waals surface area (Å²) in [6, 6.07) is 0. The summed E-state index contributed by atoms with van der Waals surface area (Å²) < 4.78 is 4.65. The van der Waals surface area contributed by atoms with Crippen molar-refractivity contribution >= 4 is 6.40 Å². The van der Waals surface area contributed by atoms with Crippen molar-refractivity contribution in [1.29, 1.82) is 0 Å². The van der Waals surface area contributed by atoms with Crippen LogP contribution in [0.1, 0.15) is 1.43 Å². The Morgan fingerprint density at radius 3 is 2.83 bits per heavy atom. The van der Waals surface area contributed by atoms with Crippen LogP contribution >= 0.6 is 0 Å². The Morgan fingerprint density at radius 1 is 1.83 bits per heavy atom. The number of hydrogen-bond acceptors (Lipinski definition) is 2. The van der Waals surface area contributed by atoms with Crippen LogP contribution in [0, 0.1) is 0 Å². The molecule has 0 atom stereocenters. The third-order valence-corrected chi connectivity index (χ3v) is 0.487. The molecule has 0 amide bonds. The van der Waals surface area contributed by atoms with Gasteiger partial charge >= 0.3 is 29.6 Å². The number of ether oxygens (including phenoxy) is 1. The van der Waals surface area contributed by atoms with Gasteiger partial charge in [-0.05, 0) is 0 Å². The minimum Gasteiger partial charge on any atom is -1.00 e. The first-order valence-corrected chi connectivity index (χ1v) is 1.60. The zero-order chi connectivity index (χ0) is 3.54. The van der Waals surface area contributed by atoms with E-state index < -0.39 is 0 Å². The number of aliphatic imine (C=N–C) groups is 1. The molecule has 1 rings (SSSR count). The van der Waals surface area contributed by atoms with E-state index in [2.05, 4.69) is 9.73 Å². The molecule has 0 unspecified atom stereocenters. The van der Waals surface area contributed by atoms with E-state index in [1.807, 2.05) is 0 Å². The fourth-order valence-corrected chi connectivity index (χ4v) is 0.264. The predicted molar refractivity (Wildman–Crippen MR) is 20.4 cm³/mol. The molecule has 0 aliphatic carbocycles. The van der Waals surface area contributed by atoms with Crippen LogP contribution in [0.3, 0.4) is 0 Å². The van der Waals surface area contributed by atoms with E-state index in [-0.39, 0.29) is 31.0 Å². The number of hydrogen-bond donors (Lipinski definition) is 0. The molecule has 0 radical (unpaired) electrons. The van der Waals surface area contributed by atoms with Crippen LogP contribution in [0.4, 0.5) is 0 Å². The van der Waals surface area contributed by atoms with E-state index in [9.17, 15) is 0 Å². The van der Waals surface area contributed by atoms with E-state index in [1.165, 1.54) is 6.40 Å². The van der Waals surface area contributed by atoms with Crippen molar-refractivity contribution in [2.45, 2.75) is 0 Å². The van der Waals surface area contributed by atoms with Gasteiger partial charge in [-0.25, -0.2) is 0 Å². The number of rotatable bonds is 0. The summed E-state index contributed by atoms with van der Waals surface area (Å²) in [4.78, 5) is 3.74. The summed E-state index contributed by atoms with van der Waals surface area (Å²) in [7, 11) is 0. The van der Waals surface area contributed by atoms with Crippen molar-refractivity contribution in [1.82, 2.24) is 0 Å². The zero-order valence-electron chi connectivity index (χ0n) is 4.85. The molecule has 0 aromatic heterocycles. The summed E-state index contributed by atoms with van der Waals surface area (Å²) in [5, 5.41) is 0. The topological polar surface area (TPSA) is 21.6 Å². The third kappa shape index (κ3) is 1.80. The van der Waals surface area contributed by atoms with Crippen molar-refractivity contribution in [2.24, 2.45) is 4.99 Å². The van der Waals surface area contributed by atoms with Crippen molar-refractivity contribution in [3.05, 3.63) is 0 Å². The molecule has 30 valence electrons. The third-order valence-electron chi connectivity index (χ3n) is 0.487. The van der Waals surface area contributed by atoms with Crippen LogP contribution in [-0.4, -0.2) is 19.6 Å². The van der Waals surface area contributed by atoms with Gasteiger partial charge in [0.25, 0.3) is 0 Å². The molecule has 2 nitrogen and oxygen atoms in total. The standard InChI is InChI=1S/C3H5NO.Na.H/c1-2-5-3-4-1;;/h3H,1-2H2;;/q;+1;-1. The number of nitrogens with zero attached hydrogens (tertiary/aromatic N) is 1. The van der Waals surface area contributed by atoms with Crippen LogP contribution in [0.5, 0.6) is 0 Å². The quantitative estimate of drug-likeness (QED) is 0.297. The molecule has 0 aromatic carbocycles. The predicted octanol–water partition coefficient (Wildman–Crippen LogP) is -2.84. The van der Waals surface area contributed by atoms with Crippen molar-refractivity contribution in [3.63, 3.8) is 0 Å². The van der Waals surface area contributed by atoms with Crippen LogP contribution in [0.2, 0.25) is 0 Å². The molecule has 1 heterocycles. The molecule has 1 aliphatic heterocycles. The van der Waals surface area contributed by atoms with Gasteiger partial charge in [0.05, 0.1) is 6.54 Å². The first-order valence-electron chi connectivity index (χ1n) is 1.60. The van der Waals surface area contributed by atoms with E-state index in [0.717, 1.165) is 13.2 Å². The van der Waals surface area contributed by atoms with Gasteiger partial charge in [-0.2, -0.15) is 0 Å². The Labute approximate surface area is 60.4 Å². The molecule has 0 aromatic rings. The second kappa shape index (κ2) is 3.65. The normalized spacial score (nSPS) is 16.0. The van der Waals surface area contributed by atoms with Crippen molar-refractivity contribution < 1.29 is 35.7 Å². The zero-order valence-corrected chi connectivity index (χ0v) is 5.85. The molecular formula is C3H6NNaO. The van der Waals surface area contributed by atoms with Gasteiger partial charge < -0.3 is 6.16 Å².